The van der Waals surface area contributed by atoms with Crippen molar-refractivity contribution in [3.05, 3.63) is 41.0 Å². The molecule has 0 saturated carbocycles. The molecule has 3 heteroatoms. The molecule has 3 nitrogen and oxygen atoms in total. The molecule has 2 rings (SSSR count). The second-order valence-corrected chi connectivity index (χ2v) is 6.04. The molecule has 1 heterocycles. The minimum atomic E-state index is -0.471. The van der Waals surface area contributed by atoms with Crippen LogP contribution in [0.1, 0.15) is 44.2 Å². The van der Waals surface area contributed by atoms with Crippen LogP contribution in [0.2, 0.25) is 0 Å². The first-order valence-corrected chi connectivity index (χ1v) is 7.73. The second-order valence-electron chi connectivity index (χ2n) is 6.04. The third-order valence-corrected chi connectivity index (χ3v) is 4.16. The first-order valence-electron chi connectivity index (χ1n) is 7.73. The maximum Gasteiger partial charge on any atom is 0.249 e. The van der Waals surface area contributed by atoms with Crippen LogP contribution in [0, 0.1) is 6.92 Å². The summed E-state index contributed by atoms with van der Waals surface area (Å²) in [5.74, 6) is 0.0428. The Morgan fingerprint density at radius 2 is 2.00 bits per heavy atom. The fourth-order valence-corrected chi connectivity index (χ4v) is 2.91. The summed E-state index contributed by atoms with van der Waals surface area (Å²) in [6.07, 6.45) is 4.45. The Morgan fingerprint density at radius 1 is 1.33 bits per heavy atom. The summed E-state index contributed by atoms with van der Waals surface area (Å²) in [7, 11) is 0. The smallest absolute Gasteiger partial charge is 0.249 e. The van der Waals surface area contributed by atoms with Crippen molar-refractivity contribution in [1.29, 1.82) is 0 Å². The Bertz CT molecular complexity index is 517. The van der Waals surface area contributed by atoms with Crippen LogP contribution in [-0.4, -0.2) is 34.6 Å². The Labute approximate surface area is 127 Å². The van der Waals surface area contributed by atoms with Gasteiger partial charge in [-0.3, -0.25) is 4.79 Å². The number of aliphatic hydroxyl groups excluding tert-OH is 1. The van der Waals surface area contributed by atoms with Gasteiger partial charge in [-0.15, -0.1) is 0 Å². The predicted molar refractivity (Wildman–Crippen MR) is 85.9 cm³/mol. The zero-order valence-corrected chi connectivity index (χ0v) is 13.2. The molecule has 0 bridgehead atoms. The third-order valence-electron chi connectivity index (χ3n) is 4.16. The van der Waals surface area contributed by atoms with Crippen molar-refractivity contribution < 1.29 is 9.90 Å². The van der Waals surface area contributed by atoms with Crippen LogP contribution in [0.15, 0.2) is 29.8 Å². The fraction of sp³-hybridized carbons (Fsp3) is 0.500. The molecule has 2 atom stereocenters. The van der Waals surface area contributed by atoms with Gasteiger partial charge in [0.15, 0.2) is 0 Å². The highest BCUT2D eigenvalue weighted by molar-refractivity contribution is 5.97. The summed E-state index contributed by atoms with van der Waals surface area (Å²) < 4.78 is 0. The van der Waals surface area contributed by atoms with Gasteiger partial charge in [-0.25, -0.2) is 0 Å². The summed E-state index contributed by atoms with van der Waals surface area (Å²) in [6, 6.07) is 8.09. The molecule has 1 aliphatic heterocycles. The number of likely N-dealkylation sites (tertiary alicyclic amines) is 1. The highest BCUT2D eigenvalue weighted by Gasteiger charge is 2.30. The van der Waals surface area contributed by atoms with E-state index >= 15 is 0 Å². The van der Waals surface area contributed by atoms with Crippen molar-refractivity contribution in [2.45, 2.75) is 52.2 Å². The molecule has 1 aromatic carbocycles. The van der Waals surface area contributed by atoms with E-state index in [1.54, 1.807) is 6.92 Å². The van der Waals surface area contributed by atoms with E-state index in [2.05, 4.69) is 0 Å². The molecule has 0 spiro atoms. The highest BCUT2D eigenvalue weighted by Crippen LogP contribution is 2.22. The molecule has 1 N–H and O–H groups in total. The topological polar surface area (TPSA) is 40.5 Å². The number of hydrogen-bond acceptors (Lipinski definition) is 2. The molecular formula is C18H25NO2. The SMILES string of the molecule is C/C(=C\c1ccc(C)cc1)C(=O)N1CCCCC1C(C)O. The van der Waals surface area contributed by atoms with Crippen molar-refractivity contribution in [3.8, 4) is 0 Å². The van der Waals surface area contributed by atoms with Gasteiger partial charge in [0.2, 0.25) is 5.91 Å². The number of aliphatic hydroxyl groups is 1. The zero-order chi connectivity index (χ0) is 15.4. The normalized spacial score (nSPS) is 21.2. The number of aryl methyl sites for hydroxylation is 1. The molecule has 1 amide bonds. The van der Waals surface area contributed by atoms with Gasteiger partial charge in [-0.1, -0.05) is 29.8 Å². The van der Waals surface area contributed by atoms with E-state index < -0.39 is 6.10 Å². The Balaban J connectivity index is 2.15. The molecule has 1 aliphatic rings. The van der Waals surface area contributed by atoms with Crippen molar-refractivity contribution in [3.63, 3.8) is 0 Å². The van der Waals surface area contributed by atoms with E-state index in [0.717, 1.165) is 36.9 Å². The summed E-state index contributed by atoms with van der Waals surface area (Å²) in [5, 5.41) is 9.89. The van der Waals surface area contributed by atoms with E-state index in [0.29, 0.717) is 0 Å². The second kappa shape index (κ2) is 6.90. The van der Waals surface area contributed by atoms with Crippen LogP contribution in [0.3, 0.4) is 0 Å². The van der Waals surface area contributed by atoms with Gasteiger partial charge < -0.3 is 10.0 Å². The monoisotopic (exact) mass is 287 g/mol. The lowest BCUT2D eigenvalue weighted by Crippen LogP contribution is -2.49. The van der Waals surface area contributed by atoms with Crippen molar-refractivity contribution in [2.24, 2.45) is 0 Å². The zero-order valence-electron chi connectivity index (χ0n) is 13.2. The fourth-order valence-electron chi connectivity index (χ4n) is 2.91. The van der Waals surface area contributed by atoms with Crippen molar-refractivity contribution in [1.82, 2.24) is 4.90 Å². The molecule has 1 aromatic rings. The first-order chi connectivity index (χ1) is 9.99. The number of piperidine rings is 1. The molecule has 114 valence electrons. The number of hydrogen-bond donors (Lipinski definition) is 1. The molecule has 0 radical (unpaired) electrons. The summed E-state index contributed by atoms with van der Waals surface area (Å²) in [6.45, 7) is 6.42. The Hall–Kier alpha value is -1.61. The van der Waals surface area contributed by atoms with Crippen LogP contribution < -0.4 is 0 Å². The van der Waals surface area contributed by atoms with Gasteiger partial charge >= 0.3 is 0 Å². The maximum absolute atomic E-state index is 12.6. The molecule has 21 heavy (non-hydrogen) atoms. The minimum Gasteiger partial charge on any atom is -0.391 e. The van der Waals surface area contributed by atoms with Gasteiger partial charge in [0.25, 0.3) is 0 Å². The van der Waals surface area contributed by atoms with E-state index in [4.69, 9.17) is 0 Å². The van der Waals surface area contributed by atoms with Gasteiger partial charge in [-0.05, 0) is 51.7 Å². The van der Waals surface area contributed by atoms with Crippen LogP contribution >= 0.6 is 0 Å². The van der Waals surface area contributed by atoms with E-state index in [1.165, 1.54) is 5.56 Å². The number of carbonyl (C=O) groups excluding carboxylic acids is 1. The quantitative estimate of drug-likeness (QED) is 0.868. The van der Waals surface area contributed by atoms with E-state index in [9.17, 15) is 9.90 Å². The molecule has 2 unspecified atom stereocenters. The van der Waals surface area contributed by atoms with Crippen LogP contribution in [0.5, 0.6) is 0 Å². The van der Waals surface area contributed by atoms with E-state index in [-0.39, 0.29) is 11.9 Å². The van der Waals surface area contributed by atoms with Crippen molar-refractivity contribution in [2.75, 3.05) is 6.54 Å². The summed E-state index contributed by atoms with van der Waals surface area (Å²) in [5.41, 5.74) is 2.98. The molecule has 0 aliphatic carbocycles. The first kappa shape index (κ1) is 15.8. The third kappa shape index (κ3) is 3.94. The van der Waals surface area contributed by atoms with Gasteiger partial charge in [0.1, 0.15) is 0 Å². The number of rotatable bonds is 3. The van der Waals surface area contributed by atoms with Crippen LogP contribution in [-0.2, 0) is 4.79 Å². The van der Waals surface area contributed by atoms with Gasteiger partial charge in [0, 0.05) is 12.1 Å². The standard InChI is InChI=1S/C18H25NO2/c1-13-7-9-16(10-8-13)12-14(2)18(21)19-11-5-4-6-17(19)15(3)20/h7-10,12,15,17,20H,4-6,11H2,1-3H3/b14-12+. The molecular weight excluding hydrogens is 262 g/mol. The molecule has 1 saturated heterocycles. The Kier molecular flexibility index (Phi) is 5.18. The highest BCUT2D eigenvalue weighted by atomic mass is 16.3. The molecule has 1 fully saturated rings. The average molecular weight is 287 g/mol. The number of benzene rings is 1. The minimum absolute atomic E-state index is 0.0428. The summed E-state index contributed by atoms with van der Waals surface area (Å²) >= 11 is 0. The number of carbonyl (C=O) groups is 1. The van der Waals surface area contributed by atoms with Crippen molar-refractivity contribution >= 4 is 12.0 Å². The predicted octanol–water partition coefficient (Wildman–Crippen LogP) is 3.16. The van der Waals surface area contributed by atoms with Crippen LogP contribution in [0.25, 0.3) is 6.08 Å². The number of nitrogens with zero attached hydrogens (tertiary/aromatic N) is 1. The lowest BCUT2D eigenvalue weighted by atomic mass is 9.97. The molecule has 0 aromatic heterocycles. The average Bonchev–Trinajstić information content (AvgIpc) is 2.48. The van der Waals surface area contributed by atoms with Gasteiger partial charge in [0.05, 0.1) is 12.1 Å². The Morgan fingerprint density at radius 3 is 2.62 bits per heavy atom. The van der Waals surface area contributed by atoms with E-state index in [1.807, 2.05) is 49.1 Å². The maximum atomic E-state index is 12.6. The van der Waals surface area contributed by atoms with Gasteiger partial charge in [-0.2, -0.15) is 0 Å². The summed E-state index contributed by atoms with van der Waals surface area (Å²) in [4.78, 5) is 14.5. The lowest BCUT2D eigenvalue weighted by Gasteiger charge is -2.37. The number of amides is 1. The lowest BCUT2D eigenvalue weighted by molar-refractivity contribution is -0.133. The van der Waals surface area contributed by atoms with Crippen LogP contribution in [0.4, 0.5) is 0 Å². The largest absolute Gasteiger partial charge is 0.391 e.